The number of aliphatic hydroxyl groups is 1. The molecule has 1 saturated carbocycles. The molecule has 2 aromatic rings. The standard InChI is InChI=1S/C31H44FN5O3/c1-4-5-17-36-29(39)27(28(38)23-9-7-6-8-10-23)33-30(40)31(36)15-18-35(19-16-31)20-26-21(2)34-37(22(26)3)25-13-11-24(32)12-14-25/h11-14,23,27-28,38H,4-10,15-20H2,1-3H3,(H,33,40)/t27-,28-/m1/s1. The van der Waals surface area contributed by atoms with Crippen molar-refractivity contribution in [1.29, 1.82) is 0 Å². The minimum Gasteiger partial charge on any atom is -0.390 e. The van der Waals surface area contributed by atoms with Gasteiger partial charge in [0.05, 0.1) is 17.5 Å². The molecular formula is C31H44FN5O3. The van der Waals surface area contributed by atoms with Crippen LogP contribution in [0.2, 0.25) is 0 Å². The van der Waals surface area contributed by atoms with Crippen LogP contribution in [-0.2, 0) is 16.1 Å². The average Bonchev–Trinajstić information content (AvgIpc) is 3.25. The van der Waals surface area contributed by atoms with E-state index in [4.69, 9.17) is 5.10 Å². The molecule has 8 nitrogen and oxygen atoms in total. The summed E-state index contributed by atoms with van der Waals surface area (Å²) in [5.74, 6) is -0.443. The number of halogens is 1. The van der Waals surface area contributed by atoms with Crippen LogP contribution in [0.1, 0.15) is 81.7 Å². The molecule has 1 aromatic carbocycles. The highest BCUT2D eigenvalue weighted by Gasteiger charge is 2.55. The number of aromatic nitrogens is 2. The van der Waals surface area contributed by atoms with Gasteiger partial charge in [-0.25, -0.2) is 9.07 Å². The minimum atomic E-state index is -0.867. The highest BCUT2D eigenvalue weighted by atomic mass is 19.1. The van der Waals surface area contributed by atoms with E-state index in [2.05, 4.69) is 17.1 Å². The van der Waals surface area contributed by atoms with E-state index < -0.39 is 17.7 Å². The number of unbranched alkanes of at least 4 members (excludes halogenated alkanes) is 1. The number of likely N-dealkylation sites (tertiary alicyclic amines) is 1. The maximum atomic E-state index is 13.9. The smallest absolute Gasteiger partial charge is 0.248 e. The van der Waals surface area contributed by atoms with Crippen LogP contribution in [0.5, 0.6) is 0 Å². The number of piperazine rings is 1. The van der Waals surface area contributed by atoms with Gasteiger partial charge in [-0.15, -0.1) is 0 Å². The molecule has 2 atom stereocenters. The number of hydrogen-bond donors (Lipinski definition) is 2. The third-order valence-corrected chi connectivity index (χ3v) is 9.54. The topological polar surface area (TPSA) is 90.7 Å². The van der Waals surface area contributed by atoms with Crippen molar-refractivity contribution in [3.05, 3.63) is 47.0 Å². The molecule has 3 fully saturated rings. The van der Waals surface area contributed by atoms with Crippen LogP contribution >= 0.6 is 0 Å². The van der Waals surface area contributed by atoms with E-state index in [1.54, 1.807) is 12.1 Å². The van der Waals surface area contributed by atoms with Crippen LogP contribution in [0.4, 0.5) is 4.39 Å². The second-order valence-electron chi connectivity index (χ2n) is 12.0. The first kappa shape index (κ1) is 28.7. The largest absolute Gasteiger partial charge is 0.390 e. The van der Waals surface area contributed by atoms with E-state index >= 15 is 0 Å². The Bertz CT molecular complexity index is 1200. The number of piperidine rings is 1. The predicted molar refractivity (Wildman–Crippen MR) is 151 cm³/mol. The van der Waals surface area contributed by atoms with Crippen molar-refractivity contribution in [3.8, 4) is 5.69 Å². The number of carbonyl (C=O) groups is 2. The van der Waals surface area contributed by atoms with Gasteiger partial charge in [-0.05, 0) is 76.1 Å². The van der Waals surface area contributed by atoms with Crippen LogP contribution in [0.3, 0.4) is 0 Å². The van der Waals surface area contributed by atoms with Gasteiger partial charge < -0.3 is 15.3 Å². The van der Waals surface area contributed by atoms with Crippen molar-refractivity contribution in [1.82, 2.24) is 24.9 Å². The lowest BCUT2D eigenvalue weighted by atomic mass is 9.78. The highest BCUT2D eigenvalue weighted by Crippen LogP contribution is 2.37. The third-order valence-electron chi connectivity index (χ3n) is 9.54. The maximum Gasteiger partial charge on any atom is 0.248 e. The van der Waals surface area contributed by atoms with E-state index in [1.165, 1.54) is 18.6 Å². The molecule has 2 aliphatic heterocycles. The van der Waals surface area contributed by atoms with Crippen molar-refractivity contribution in [2.24, 2.45) is 5.92 Å². The van der Waals surface area contributed by atoms with Crippen LogP contribution in [0.25, 0.3) is 5.69 Å². The van der Waals surface area contributed by atoms with Crippen molar-refractivity contribution in [2.45, 2.75) is 103 Å². The quantitative estimate of drug-likeness (QED) is 0.515. The van der Waals surface area contributed by atoms with E-state index in [9.17, 15) is 19.1 Å². The monoisotopic (exact) mass is 553 g/mol. The van der Waals surface area contributed by atoms with E-state index in [0.29, 0.717) is 39.0 Å². The molecular weight excluding hydrogens is 509 g/mol. The Kier molecular flexibility index (Phi) is 8.61. The molecule has 5 rings (SSSR count). The van der Waals surface area contributed by atoms with E-state index in [0.717, 1.165) is 61.2 Å². The molecule has 0 unspecified atom stereocenters. The zero-order chi connectivity index (χ0) is 28.4. The Balaban J connectivity index is 1.30. The average molecular weight is 554 g/mol. The number of amides is 2. The van der Waals surface area contributed by atoms with Crippen molar-refractivity contribution >= 4 is 11.8 Å². The van der Waals surface area contributed by atoms with E-state index in [-0.39, 0.29) is 23.5 Å². The summed E-state index contributed by atoms with van der Waals surface area (Å²) < 4.78 is 15.3. The highest BCUT2D eigenvalue weighted by molar-refractivity contribution is 6.00. The first-order valence-electron chi connectivity index (χ1n) is 15.1. The number of rotatable bonds is 8. The lowest BCUT2D eigenvalue weighted by Crippen LogP contribution is -2.75. The van der Waals surface area contributed by atoms with Crippen LogP contribution < -0.4 is 5.32 Å². The van der Waals surface area contributed by atoms with Crippen LogP contribution in [0.15, 0.2) is 24.3 Å². The number of nitrogens with one attached hydrogen (secondary N) is 1. The molecule has 2 N–H and O–H groups in total. The Morgan fingerprint density at radius 3 is 2.42 bits per heavy atom. The van der Waals surface area contributed by atoms with Gasteiger partial charge in [0.15, 0.2) is 0 Å². The molecule has 1 aliphatic carbocycles. The Morgan fingerprint density at radius 2 is 1.77 bits per heavy atom. The Morgan fingerprint density at radius 1 is 1.10 bits per heavy atom. The normalized spacial score (nSPS) is 23.0. The molecule has 0 bridgehead atoms. The summed E-state index contributed by atoms with van der Waals surface area (Å²) in [6, 6.07) is 5.49. The zero-order valence-corrected chi connectivity index (χ0v) is 24.2. The number of aryl methyl sites for hydroxylation is 1. The Hall–Kier alpha value is -2.78. The van der Waals surface area contributed by atoms with Gasteiger partial charge in [0, 0.05) is 37.4 Å². The zero-order valence-electron chi connectivity index (χ0n) is 24.2. The number of benzene rings is 1. The Labute approximate surface area is 236 Å². The number of hydrogen-bond acceptors (Lipinski definition) is 5. The predicted octanol–water partition coefficient (Wildman–Crippen LogP) is 4.03. The first-order valence-corrected chi connectivity index (χ1v) is 15.1. The maximum absolute atomic E-state index is 13.9. The van der Waals surface area contributed by atoms with Gasteiger partial charge in [-0.2, -0.15) is 5.10 Å². The lowest BCUT2D eigenvalue weighted by molar-refractivity contribution is -0.166. The molecule has 218 valence electrons. The van der Waals surface area contributed by atoms with Gasteiger partial charge in [-0.3, -0.25) is 14.5 Å². The SMILES string of the molecule is CCCCN1C(=O)[C@@H]([C@H](O)C2CCCCC2)NC(=O)C12CCN(Cc1c(C)nn(-c3ccc(F)cc3)c1C)CC2. The molecule has 1 aromatic heterocycles. The fourth-order valence-corrected chi connectivity index (χ4v) is 7.00. The van der Waals surface area contributed by atoms with Gasteiger partial charge in [0.25, 0.3) is 0 Å². The molecule has 3 heterocycles. The van der Waals surface area contributed by atoms with Crippen molar-refractivity contribution in [2.75, 3.05) is 19.6 Å². The summed E-state index contributed by atoms with van der Waals surface area (Å²) in [5.41, 5.74) is 3.02. The summed E-state index contributed by atoms with van der Waals surface area (Å²) in [6.07, 6.45) is 7.17. The van der Waals surface area contributed by atoms with Crippen molar-refractivity contribution in [3.63, 3.8) is 0 Å². The summed E-state index contributed by atoms with van der Waals surface area (Å²) in [6.45, 7) is 8.71. The van der Waals surface area contributed by atoms with Gasteiger partial charge >= 0.3 is 0 Å². The third kappa shape index (κ3) is 5.42. The van der Waals surface area contributed by atoms with E-state index in [1.807, 2.05) is 23.4 Å². The van der Waals surface area contributed by atoms with Crippen LogP contribution in [0, 0.1) is 25.6 Å². The van der Waals surface area contributed by atoms with Gasteiger partial charge in [-0.1, -0.05) is 32.6 Å². The molecule has 3 aliphatic rings. The number of nitrogens with zero attached hydrogens (tertiary/aromatic N) is 4. The molecule has 40 heavy (non-hydrogen) atoms. The fourth-order valence-electron chi connectivity index (χ4n) is 7.00. The molecule has 9 heteroatoms. The molecule has 1 spiro atoms. The number of aliphatic hydroxyl groups excluding tert-OH is 1. The van der Waals surface area contributed by atoms with Gasteiger partial charge in [0.2, 0.25) is 11.8 Å². The molecule has 0 radical (unpaired) electrons. The minimum absolute atomic E-state index is 0.0641. The fraction of sp³-hybridized carbons (Fsp3) is 0.645. The van der Waals surface area contributed by atoms with Crippen LogP contribution in [-0.4, -0.2) is 73.8 Å². The summed E-state index contributed by atoms with van der Waals surface area (Å²) in [4.78, 5) is 31.8. The summed E-state index contributed by atoms with van der Waals surface area (Å²) >= 11 is 0. The lowest BCUT2D eigenvalue weighted by Gasteiger charge is -2.52. The van der Waals surface area contributed by atoms with Crippen molar-refractivity contribution < 1.29 is 19.1 Å². The molecule has 2 amide bonds. The second kappa shape index (κ2) is 12.0. The second-order valence-corrected chi connectivity index (χ2v) is 12.0. The first-order chi connectivity index (χ1) is 19.2. The number of carbonyl (C=O) groups excluding carboxylic acids is 2. The summed E-state index contributed by atoms with van der Waals surface area (Å²) in [7, 11) is 0. The summed E-state index contributed by atoms with van der Waals surface area (Å²) in [5, 5.41) is 18.9. The molecule has 2 saturated heterocycles. The van der Waals surface area contributed by atoms with Gasteiger partial charge in [0.1, 0.15) is 17.4 Å².